The smallest absolute Gasteiger partial charge is 0.244 e. The molecule has 0 saturated carbocycles. The van der Waals surface area contributed by atoms with Crippen LogP contribution >= 0.6 is 11.3 Å². The minimum atomic E-state index is -3.94. The molecule has 0 bridgehead atoms. The standard InChI is InChI=1S/C20H22N4O5S2/c1-4-29-15-7-10-17-18(11-15)30-20(22-17)23-19(26)12(2)24-31(27,28)16-8-5-14(6-9-16)21-13(3)25/h5-12,24H,4H2,1-3H3,(H,21,25)(H,22,23,26)/t12-/m0/s1. The van der Waals surface area contributed by atoms with Crippen LogP contribution < -0.4 is 20.1 Å². The second-order valence-electron chi connectivity index (χ2n) is 6.62. The van der Waals surface area contributed by atoms with E-state index in [4.69, 9.17) is 4.74 Å². The predicted octanol–water partition coefficient (Wildman–Crippen LogP) is 2.96. The highest BCUT2D eigenvalue weighted by Crippen LogP contribution is 2.29. The van der Waals surface area contributed by atoms with E-state index in [1.165, 1.54) is 49.4 Å². The Morgan fingerprint density at radius 3 is 2.48 bits per heavy atom. The zero-order valence-corrected chi connectivity index (χ0v) is 18.8. The van der Waals surface area contributed by atoms with Crippen molar-refractivity contribution in [2.75, 3.05) is 17.2 Å². The Morgan fingerprint density at radius 1 is 1.13 bits per heavy atom. The summed E-state index contributed by atoms with van der Waals surface area (Å²) in [6.45, 7) is 5.23. The topological polar surface area (TPSA) is 126 Å². The number of nitrogens with one attached hydrogen (secondary N) is 3. The number of fused-ring (bicyclic) bond motifs is 1. The average Bonchev–Trinajstić information content (AvgIpc) is 3.09. The van der Waals surface area contributed by atoms with Crippen LogP contribution in [0.5, 0.6) is 5.75 Å². The lowest BCUT2D eigenvalue weighted by atomic mass is 10.3. The van der Waals surface area contributed by atoms with E-state index in [9.17, 15) is 18.0 Å². The molecule has 2 amide bonds. The second-order valence-corrected chi connectivity index (χ2v) is 9.36. The van der Waals surface area contributed by atoms with Crippen LogP contribution in [0.2, 0.25) is 0 Å². The van der Waals surface area contributed by atoms with Gasteiger partial charge < -0.3 is 15.4 Å². The third kappa shape index (κ3) is 5.78. The van der Waals surface area contributed by atoms with E-state index in [2.05, 4.69) is 20.3 Å². The van der Waals surface area contributed by atoms with Crippen molar-refractivity contribution in [2.24, 2.45) is 0 Å². The third-order valence-electron chi connectivity index (χ3n) is 4.11. The van der Waals surface area contributed by atoms with Crippen molar-refractivity contribution in [3.05, 3.63) is 42.5 Å². The van der Waals surface area contributed by atoms with Gasteiger partial charge in [-0.15, -0.1) is 0 Å². The molecule has 3 rings (SSSR count). The maximum Gasteiger partial charge on any atom is 0.244 e. The van der Waals surface area contributed by atoms with Crippen molar-refractivity contribution < 1.29 is 22.7 Å². The number of ether oxygens (including phenoxy) is 1. The fraction of sp³-hybridized carbons (Fsp3) is 0.250. The highest BCUT2D eigenvalue weighted by Gasteiger charge is 2.23. The fourth-order valence-corrected chi connectivity index (χ4v) is 4.80. The van der Waals surface area contributed by atoms with Gasteiger partial charge in [-0.05, 0) is 56.3 Å². The van der Waals surface area contributed by atoms with Crippen molar-refractivity contribution in [3.8, 4) is 5.75 Å². The molecule has 164 valence electrons. The van der Waals surface area contributed by atoms with Crippen molar-refractivity contribution in [2.45, 2.75) is 31.7 Å². The van der Waals surface area contributed by atoms with E-state index in [0.29, 0.717) is 28.7 Å². The molecule has 3 aromatic rings. The molecule has 3 N–H and O–H groups in total. The molecular formula is C20H22N4O5S2. The zero-order chi connectivity index (χ0) is 22.6. The summed E-state index contributed by atoms with van der Waals surface area (Å²) in [7, 11) is -3.94. The highest BCUT2D eigenvalue weighted by atomic mass is 32.2. The van der Waals surface area contributed by atoms with Crippen molar-refractivity contribution in [3.63, 3.8) is 0 Å². The number of hydrogen-bond acceptors (Lipinski definition) is 7. The van der Waals surface area contributed by atoms with Crippen LogP contribution in [0.1, 0.15) is 20.8 Å². The molecule has 0 aliphatic heterocycles. The van der Waals surface area contributed by atoms with Gasteiger partial charge in [0, 0.05) is 12.6 Å². The van der Waals surface area contributed by atoms with E-state index in [-0.39, 0.29) is 10.8 Å². The Kier molecular flexibility index (Phi) is 6.88. The summed E-state index contributed by atoms with van der Waals surface area (Å²) in [6.07, 6.45) is 0. The normalized spacial score (nSPS) is 12.4. The van der Waals surface area contributed by atoms with Crippen molar-refractivity contribution in [1.29, 1.82) is 0 Å². The molecule has 1 atom stereocenters. The molecule has 11 heteroatoms. The number of carbonyl (C=O) groups excluding carboxylic acids is 2. The molecule has 9 nitrogen and oxygen atoms in total. The molecule has 1 aromatic heterocycles. The maximum atomic E-state index is 12.6. The van der Waals surface area contributed by atoms with Crippen LogP contribution in [0.25, 0.3) is 10.2 Å². The van der Waals surface area contributed by atoms with Gasteiger partial charge in [0.2, 0.25) is 21.8 Å². The van der Waals surface area contributed by atoms with Crippen molar-refractivity contribution >= 4 is 54.2 Å². The van der Waals surface area contributed by atoms with E-state index < -0.39 is 22.0 Å². The number of anilines is 2. The molecule has 0 radical (unpaired) electrons. The van der Waals surface area contributed by atoms with Gasteiger partial charge in [0.15, 0.2) is 5.13 Å². The van der Waals surface area contributed by atoms with Crippen LogP contribution in [-0.2, 0) is 19.6 Å². The SMILES string of the molecule is CCOc1ccc2nc(NC(=O)[C@H](C)NS(=O)(=O)c3ccc(NC(C)=O)cc3)sc2c1. The van der Waals surface area contributed by atoms with Gasteiger partial charge in [0.05, 0.1) is 27.8 Å². The molecule has 1 heterocycles. The number of thiazole rings is 1. The summed E-state index contributed by atoms with van der Waals surface area (Å²) in [5.41, 5.74) is 1.18. The second kappa shape index (κ2) is 9.41. The van der Waals surface area contributed by atoms with Crippen LogP contribution in [0, 0.1) is 0 Å². The van der Waals surface area contributed by atoms with E-state index >= 15 is 0 Å². The van der Waals surface area contributed by atoms with E-state index in [0.717, 1.165) is 4.70 Å². The van der Waals surface area contributed by atoms with Gasteiger partial charge in [0.1, 0.15) is 5.75 Å². The summed E-state index contributed by atoms with van der Waals surface area (Å²) < 4.78 is 33.8. The minimum absolute atomic E-state index is 0.0234. The van der Waals surface area contributed by atoms with Crippen LogP contribution in [-0.4, -0.2) is 37.9 Å². The summed E-state index contributed by atoms with van der Waals surface area (Å²) in [5.74, 6) is -0.0901. The van der Waals surface area contributed by atoms with Gasteiger partial charge in [-0.2, -0.15) is 4.72 Å². The summed E-state index contributed by atoms with van der Waals surface area (Å²) in [5, 5.41) is 5.56. The molecular weight excluding hydrogens is 440 g/mol. The summed E-state index contributed by atoms with van der Waals surface area (Å²) in [4.78, 5) is 27.9. The number of aromatic nitrogens is 1. The first-order valence-corrected chi connectivity index (χ1v) is 11.7. The number of amides is 2. The maximum absolute atomic E-state index is 12.6. The lowest BCUT2D eigenvalue weighted by Gasteiger charge is -2.13. The van der Waals surface area contributed by atoms with Gasteiger partial charge >= 0.3 is 0 Å². The lowest BCUT2D eigenvalue weighted by molar-refractivity contribution is -0.117. The number of benzene rings is 2. The Balaban J connectivity index is 1.66. The zero-order valence-electron chi connectivity index (χ0n) is 17.1. The number of carbonyl (C=O) groups is 2. The molecule has 31 heavy (non-hydrogen) atoms. The number of rotatable bonds is 8. The molecule has 0 saturated heterocycles. The first kappa shape index (κ1) is 22.7. The number of nitrogens with zero attached hydrogens (tertiary/aromatic N) is 1. The third-order valence-corrected chi connectivity index (χ3v) is 6.60. The molecule has 0 spiro atoms. The van der Waals surface area contributed by atoms with Gasteiger partial charge in [-0.25, -0.2) is 13.4 Å². The molecule has 0 unspecified atom stereocenters. The Labute approximate surface area is 183 Å². The van der Waals surface area contributed by atoms with Crippen LogP contribution in [0.3, 0.4) is 0 Å². The first-order chi connectivity index (χ1) is 14.7. The van der Waals surface area contributed by atoms with E-state index in [1.54, 1.807) is 12.1 Å². The Bertz CT molecular complexity index is 1210. The van der Waals surface area contributed by atoms with Gasteiger partial charge in [-0.3, -0.25) is 9.59 Å². The molecule has 0 aliphatic carbocycles. The van der Waals surface area contributed by atoms with Crippen LogP contribution in [0.4, 0.5) is 10.8 Å². The Morgan fingerprint density at radius 2 is 1.84 bits per heavy atom. The van der Waals surface area contributed by atoms with E-state index in [1.807, 2.05) is 13.0 Å². The van der Waals surface area contributed by atoms with Gasteiger partial charge in [-0.1, -0.05) is 11.3 Å². The summed E-state index contributed by atoms with van der Waals surface area (Å²) in [6, 6.07) is 10.0. The lowest BCUT2D eigenvalue weighted by Crippen LogP contribution is -2.41. The molecule has 2 aromatic carbocycles. The molecule has 0 aliphatic rings. The van der Waals surface area contributed by atoms with Crippen molar-refractivity contribution in [1.82, 2.24) is 9.71 Å². The first-order valence-electron chi connectivity index (χ1n) is 9.42. The minimum Gasteiger partial charge on any atom is -0.494 e. The van der Waals surface area contributed by atoms with Crippen LogP contribution in [0.15, 0.2) is 47.4 Å². The summed E-state index contributed by atoms with van der Waals surface area (Å²) >= 11 is 1.27. The molecule has 0 fully saturated rings. The predicted molar refractivity (Wildman–Crippen MR) is 120 cm³/mol. The Hall–Kier alpha value is -3.02. The largest absolute Gasteiger partial charge is 0.494 e. The van der Waals surface area contributed by atoms with Gasteiger partial charge in [0.25, 0.3) is 0 Å². The monoisotopic (exact) mass is 462 g/mol. The average molecular weight is 463 g/mol. The quantitative estimate of drug-likeness (QED) is 0.472. The fourth-order valence-electron chi connectivity index (χ4n) is 2.70. The number of hydrogen-bond donors (Lipinski definition) is 3. The number of sulfonamides is 1. The highest BCUT2D eigenvalue weighted by molar-refractivity contribution is 7.89.